The molecule has 152 valence electrons. The van der Waals surface area contributed by atoms with Gasteiger partial charge in [0.1, 0.15) is 5.82 Å². The van der Waals surface area contributed by atoms with E-state index in [9.17, 15) is 0 Å². The first-order valence-electron chi connectivity index (χ1n) is 10.5. The lowest BCUT2D eigenvalue weighted by Gasteiger charge is -2.34. The van der Waals surface area contributed by atoms with Gasteiger partial charge in [-0.1, -0.05) is 39.7 Å². The number of nitrogens with two attached hydrogens (primary N) is 1. The largest absolute Gasteiger partial charge is 0.370 e. The summed E-state index contributed by atoms with van der Waals surface area (Å²) in [6.45, 7) is 14.9. The first kappa shape index (κ1) is 21.5. The summed E-state index contributed by atoms with van der Waals surface area (Å²) in [6, 6.07) is 4.57. The number of nitrogens with one attached hydrogen (secondary N) is 1. The molecule has 1 saturated heterocycles. The summed E-state index contributed by atoms with van der Waals surface area (Å²) in [5.41, 5.74) is 7.12. The SMILES string of the molecule is CCN1CCN(c2ccc(CN=C(N)NC(C)CCCC(C)C)cn2)CC1. The highest BCUT2D eigenvalue weighted by Crippen LogP contribution is 2.14. The van der Waals surface area contributed by atoms with Crippen LogP contribution in [0.5, 0.6) is 0 Å². The Hall–Kier alpha value is -1.82. The molecule has 0 bridgehead atoms. The number of hydrogen-bond donors (Lipinski definition) is 2. The van der Waals surface area contributed by atoms with Crippen LogP contribution in [0.4, 0.5) is 5.82 Å². The number of anilines is 1. The summed E-state index contributed by atoms with van der Waals surface area (Å²) in [4.78, 5) is 13.9. The second kappa shape index (κ2) is 11.1. The maximum Gasteiger partial charge on any atom is 0.189 e. The summed E-state index contributed by atoms with van der Waals surface area (Å²) in [5.74, 6) is 2.34. The standard InChI is InChI=1S/C21H38N6/c1-5-26-11-13-27(14-12-26)20-10-9-19(15-23-20)16-24-21(22)25-18(4)8-6-7-17(2)3/h9-10,15,17-18H,5-8,11-14,16H2,1-4H3,(H3,22,24,25). The molecule has 1 aliphatic heterocycles. The first-order chi connectivity index (χ1) is 13.0. The molecular weight excluding hydrogens is 336 g/mol. The summed E-state index contributed by atoms with van der Waals surface area (Å²) in [5, 5.41) is 3.29. The molecule has 0 radical (unpaired) electrons. The molecule has 1 aromatic rings. The molecule has 2 heterocycles. The van der Waals surface area contributed by atoms with Crippen LogP contribution in [0.1, 0.15) is 52.5 Å². The first-order valence-corrected chi connectivity index (χ1v) is 10.5. The number of likely N-dealkylation sites (N-methyl/N-ethyl adjacent to an activating group) is 1. The van der Waals surface area contributed by atoms with E-state index in [4.69, 9.17) is 5.73 Å². The second-order valence-electron chi connectivity index (χ2n) is 8.02. The third-order valence-electron chi connectivity index (χ3n) is 5.20. The van der Waals surface area contributed by atoms with Gasteiger partial charge in [-0.05, 0) is 37.4 Å². The van der Waals surface area contributed by atoms with Crippen molar-refractivity contribution in [3.05, 3.63) is 23.9 Å². The summed E-state index contributed by atoms with van der Waals surface area (Å²) >= 11 is 0. The quantitative estimate of drug-likeness (QED) is 0.514. The molecule has 1 fully saturated rings. The maximum absolute atomic E-state index is 6.03. The lowest BCUT2D eigenvalue weighted by Crippen LogP contribution is -2.46. The lowest BCUT2D eigenvalue weighted by atomic mass is 10.0. The smallest absolute Gasteiger partial charge is 0.189 e. The highest BCUT2D eigenvalue weighted by atomic mass is 15.3. The van der Waals surface area contributed by atoms with Crippen LogP contribution in [0.25, 0.3) is 0 Å². The van der Waals surface area contributed by atoms with Gasteiger partial charge in [-0.2, -0.15) is 0 Å². The van der Waals surface area contributed by atoms with Gasteiger partial charge in [0.25, 0.3) is 0 Å². The van der Waals surface area contributed by atoms with Crippen molar-refractivity contribution in [3.8, 4) is 0 Å². The van der Waals surface area contributed by atoms with E-state index in [-0.39, 0.29) is 0 Å². The van der Waals surface area contributed by atoms with Gasteiger partial charge in [-0.3, -0.25) is 0 Å². The molecule has 0 amide bonds. The normalized spacial score (nSPS) is 17.4. The summed E-state index contributed by atoms with van der Waals surface area (Å²) < 4.78 is 0. The van der Waals surface area contributed by atoms with Crippen molar-refractivity contribution in [2.24, 2.45) is 16.6 Å². The number of guanidine groups is 1. The van der Waals surface area contributed by atoms with E-state index in [2.05, 4.69) is 64.9 Å². The van der Waals surface area contributed by atoms with Crippen LogP contribution >= 0.6 is 0 Å². The van der Waals surface area contributed by atoms with Crippen LogP contribution in [0, 0.1) is 5.92 Å². The van der Waals surface area contributed by atoms with Gasteiger partial charge in [0, 0.05) is 38.4 Å². The molecule has 0 saturated carbocycles. The fourth-order valence-corrected chi connectivity index (χ4v) is 3.37. The molecule has 1 unspecified atom stereocenters. The molecule has 1 atom stereocenters. The third-order valence-corrected chi connectivity index (χ3v) is 5.20. The molecule has 1 aromatic heterocycles. The fraction of sp³-hybridized carbons (Fsp3) is 0.714. The van der Waals surface area contributed by atoms with Gasteiger partial charge in [0.05, 0.1) is 6.54 Å². The monoisotopic (exact) mass is 374 g/mol. The number of aliphatic imine (C=N–C) groups is 1. The van der Waals surface area contributed by atoms with Crippen molar-refractivity contribution >= 4 is 11.8 Å². The minimum atomic E-state index is 0.356. The Morgan fingerprint density at radius 1 is 1.19 bits per heavy atom. The van der Waals surface area contributed by atoms with Crippen LogP contribution in [0.2, 0.25) is 0 Å². The van der Waals surface area contributed by atoms with Crippen molar-refractivity contribution in [2.45, 2.75) is 59.5 Å². The number of nitrogens with zero attached hydrogens (tertiary/aromatic N) is 4. The van der Waals surface area contributed by atoms with E-state index in [1.54, 1.807) is 0 Å². The Balaban J connectivity index is 1.76. The van der Waals surface area contributed by atoms with Crippen LogP contribution in [0.15, 0.2) is 23.3 Å². The van der Waals surface area contributed by atoms with Gasteiger partial charge in [0.15, 0.2) is 5.96 Å². The molecule has 6 heteroatoms. The van der Waals surface area contributed by atoms with E-state index >= 15 is 0 Å². The predicted octanol–water partition coefficient (Wildman–Crippen LogP) is 2.84. The predicted molar refractivity (Wildman–Crippen MR) is 115 cm³/mol. The number of aromatic nitrogens is 1. The van der Waals surface area contributed by atoms with E-state index in [1.807, 2.05) is 6.20 Å². The fourth-order valence-electron chi connectivity index (χ4n) is 3.37. The molecular formula is C21H38N6. The Morgan fingerprint density at radius 2 is 1.93 bits per heavy atom. The van der Waals surface area contributed by atoms with Crippen LogP contribution < -0.4 is 16.0 Å². The molecule has 0 aliphatic carbocycles. The number of rotatable bonds is 9. The molecule has 0 spiro atoms. The Kier molecular flexibility index (Phi) is 8.85. The topological polar surface area (TPSA) is 69.8 Å². The van der Waals surface area contributed by atoms with Gasteiger partial charge in [-0.15, -0.1) is 0 Å². The zero-order valence-electron chi connectivity index (χ0n) is 17.6. The summed E-state index contributed by atoms with van der Waals surface area (Å²) in [6.07, 6.45) is 5.52. The highest BCUT2D eigenvalue weighted by molar-refractivity contribution is 5.78. The molecule has 27 heavy (non-hydrogen) atoms. The number of piperazine rings is 1. The molecule has 3 N–H and O–H groups in total. The molecule has 1 aliphatic rings. The third kappa shape index (κ3) is 7.75. The summed E-state index contributed by atoms with van der Waals surface area (Å²) in [7, 11) is 0. The zero-order valence-corrected chi connectivity index (χ0v) is 17.6. The Labute approximate surface area is 165 Å². The highest BCUT2D eigenvalue weighted by Gasteiger charge is 2.16. The van der Waals surface area contributed by atoms with E-state index in [1.165, 1.54) is 12.8 Å². The van der Waals surface area contributed by atoms with Gasteiger partial charge in [0.2, 0.25) is 0 Å². The Morgan fingerprint density at radius 3 is 2.52 bits per heavy atom. The molecule has 6 nitrogen and oxygen atoms in total. The van der Waals surface area contributed by atoms with E-state index < -0.39 is 0 Å². The average Bonchev–Trinajstić information content (AvgIpc) is 2.66. The van der Waals surface area contributed by atoms with Gasteiger partial charge < -0.3 is 20.9 Å². The minimum Gasteiger partial charge on any atom is -0.370 e. The zero-order chi connectivity index (χ0) is 19.6. The number of pyridine rings is 1. The minimum absolute atomic E-state index is 0.356. The Bertz CT molecular complexity index is 561. The average molecular weight is 375 g/mol. The van der Waals surface area contributed by atoms with Gasteiger partial charge >= 0.3 is 0 Å². The van der Waals surface area contributed by atoms with E-state index in [0.29, 0.717) is 18.5 Å². The van der Waals surface area contributed by atoms with Crippen molar-refractivity contribution in [2.75, 3.05) is 37.6 Å². The van der Waals surface area contributed by atoms with Crippen molar-refractivity contribution in [1.82, 2.24) is 15.2 Å². The lowest BCUT2D eigenvalue weighted by molar-refractivity contribution is 0.270. The maximum atomic E-state index is 6.03. The van der Waals surface area contributed by atoms with Crippen molar-refractivity contribution < 1.29 is 0 Å². The molecule has 2 rings (SSSR count). The van der Waals surface area contributed by atoms with Gasteiger partial charge in [-0.25, -0.2) is 9.98 Å². The second-order valence-corrected chi connectivity index (χ2v) is 8.02. The van der Waals surface area contributed by atoms with E-state index in [0.717, 1.165) is 56.4 Å². The van der Waals surface area contributed by atoms with Crippen LogP contribution in [-0.2, 0) is 6.54 Å². The number of hydrogen-bond acceptors (Lipinski definition) is 4. The van der Waals surface area contributed by atoms with Crippen LogP contribution in [0.3, 0.4) is 0 Å². The van der Waals surface area contributed by atoms with Crippen LogP contribution in [-0.4, -0.2) is 54.6 Å². The molecule has 0 aromatic carbocycles. The van der Waals surface area contributed by atoms with Crippen molar-refractivity contribution in [3.63, 3.8) is 0 Å². The van der Waals surface area contributed by atoms with Crippen molar-refractivity contribution in [1.29, 1.82) is 0 Å².